The summed E-state index contributed by atoms with van der Waals surface area (Å²) in [6, 6.07) is 11.9. The lowest BCUT2D eigenvalue weighted by Crippen LogP contribution is -2.14. The first kappa shape index (κ1) is 18.8. The van der Waals surface area contributed by atoms with Crippen LogP contribution >= 0.6 is 23.4 Å². The number of amides is 1. The third-order valence-electron chi connectivity index (χ3n) is 4.38. The molecule has 0 spiro atoms. The zero-order valence-corrected chi connectivity index (χ0v) is 16.6. The molecule has 0 fully saturated rings. The van der Waals surface area contributed by atoms with E-state index in [0.29, 0.717) is 11.4 Å². The van der Waals surface area contributed by atoms with Crippen molar-refractivity contribution in [2.45, 2.75) is 31.1 Å². The molecule has 0 aromatic heterocycles. The van der Waals surface area contributed by atoms with Gasteiger partial charge in [-0.25, -0.2) is 0 Å². The second-order valence-corrected chi connectivity index (χ2v) is 7.65. The van der Waals surface area contributed by atoms with Crippen LogP contribution in [0.4, 0.5) is 5.69 Å². The van der Waals surface area contributed by atoms with Gasteiger partial charge >= 0.3 is 0 Å². The van der Waals surface area contributed by atoms with Crippen LogP contribution in [0.15, 0.2) is 59.5 Å². The Bertz CT molecular complexity index is 845. The van der Waals surface area contributed by atoms with Crippen LogP contribution in [0.1, 0.15) is 29.5 Å². The molecular weight excluding hydrogens is 362 g/mol. The topological polar surface area (TPSA) is 29.1 Å². The zero-order valence-electron chi connectivity index (χ0n) is 15.0. The van der Waals surface area contributed by atoms with Crippen LogP contribution in [0, 0.1) is 6.92 Å². The fourth-order valence-corrected chi connectivity index (χ4v) is 3.90. The predicted molar refractivity (Wildman–Crippen MR) is 113 cm³/mol. The van der Waals surface area contributed by atoms with Gasteiger partial charge in [-0.15, -0.1) is 11.8 Å². The van der Waals surface area contributed by atoms with E-state index >= 15 is 0 Å². The van der Waals surface area contributed by atoms with Crippen LogP contribution in [0.2, 0.25) is 5.02 Å². The Morgan fingerprint density at radius 2 is 1.96 bits per heavy atom. The summed E-state index contributed by atoms with van der Waals surface area (Å²) in [6.45, 7) is 2.03. The van der Waals surface area contributed by atoms with Crippen molar-refractivity contribution in [1.29, 1.82) is 0 Å². The minimum Gasteiger partial charge on any atom is -0.326 e. The maximum Gasteiger partial charge on any atom is 0.228 e. The Morgan fingerprint density at radius 1 is 1.19 bits per heavy atom. The molecule has 3 rings (SSSR count). The molecule has 0 radical (unpaired) electrons. The number of carbonyl (C=O) groups is 1. The van der Waals surface area contributed by atoms with Gasteiger partial charge in [0.25, 0.3) is 0 Å². The summed E-state index contributed by atoms with van der Waals surface area (Å²) in [6.07, 6.45) is 11.0. The van der Waals surface area contributed by atoms with E-state index in [1.807, 2.05) is 49.6 Å². The number of aryl methyl sites for hydroxylation is 1. The highest BCUT2D eigenvalue weighted by Crippen LogP contribution is 2.33. The number of allylic oxidation sites excluding steroid dienone is 4. The van der Waals surface area contributed by atoms with Gasteiger partial charge in [0, 0.05) is 16.1 Å². The number of thioether (sulfide) groups is 1. The van der Waals surface area contributed by atoms with Gasteiger partial charge in [0.2, 0.25) is 5.91 Å². The highest BCUT2D eigenvalue weighted by atomic mass is 35.5. The van der Waals surface area contributed by atoms with E-state index in [1.165, 1.54) is 4.90 Å². The quantitative estimate of drug-likeness (QED) is 0.615. The van der Waals surface area contributed by atoms with Gasteiger partial charge in [-0.05, 0) is 67.0 Å². The molecule has 134 valence electrons. The molecule has 26 heavy (non-hydrogen) atoms. The van der Waals surface area contributed by atoms with Crippen LogP contribution in [0.3, 0.4) is 0 Å². The maximum atomic E-state index is 12.4. The number of nitrogens with one attached hydrogen (secondary N) is 1. The number of halogens is 1. The van der Waals surface area contributed by atoms with E-state index < -0.39 is 0 Å². The fourth-order valence-electron chi connectivity index (χ4n) is 3.11. The SMILES string of the molecule is CSc1ccc(CC(=O)Nc2cc(C)c(C3=CCCC=C3)c(Cl)c2)cc1. The lowest BCUT2D eigenvalue weighted by Gasteiger charge is -2.15. The van der Waals surface area contributed by atoms with Crippen molar-refractivity contribution in [2.24, 2.45) is 0 Å². The third kappa shape index (κ3) is 4.60. The molecule has 4 heteroatoms. The summed E-state index contributed by atoms with van der Waals surface area (Å²) >= 11 is 8.21. The van der Waals surface area contributed by atoms with Crippen LogP contribution in [-0.4, -0.2) is 12.2 Å². The van der Waals surface area contributed by atoms with E-state index in [0.717, 1.165) is 40.8 Å². The Labute approximate surface area is 164 Å². The molecule has 1 N–H and O–H groups in total. The van der Waals surface area contributed by atoms with Crippen molar-refractivity contribution in [2.75, 3.05) is 11.6 Å². The number of benzene rings is 2. The summed E-state index contributed by atoms with van der Waals surface area (Å²) < 4.78 is 0. The zero-order chi connectivity index (χ0) is 18.5. The predicted octanol–water partition coefficient (Wildman–Crippen LogP) is 6.28. The van der Waals surface area contributed by atoms with E-state index in [4.69, 9.17) is 11.6 Å². The summed E-state index contributed by atoms with van der Waals surface area (Å²) in [7, 11) is 0. The van der Waals surface area contributed by atoms with Crippen LogP contribution in [-0.2, 0) is 11.2 Å². The van der Waals surface area contributed by atoms with Gasteiger partial charge in [-0.1, -0.05) is 42.0 Å². The Kier molecular flexibility index (Phi) is 6.23. The molecule has 0 atom stereocenters. The van der Waals surface area contributed by atoms with E-state index in [2.05, 4.69) is 23.5 Å². The molecule has 1 aliphatic rings. The maximum absolute atomic E-state index is 12.4. The third-order valence-corrected chi connectivity index (χ3v) is 5.42. The lowest BCUT2D eigenvalue weighted by molar-refractivity contribution is -0.115. The van der Waals surface area contributed by atoms with Gasteiger partial charge in [0.15, 0.2) is 0 Å². The van der Waals surface area contributed by atoms with Crippen molar-refractivity contribution in [1.82, 2.24) is 0 Å². The first-order valence-corrected chi connectivity index (χ1v) is 10.3. The number of anilines is 1. The first-order valence-electron chi connectivity index (χ1n) is 8.67. The van der Waals surface area contributed by atoms with Gasteiger partial charge < -0.3 is 5.32 Å². The highest BCUT2D eigenvalue weighted by Gasteiger charge is 2.12. The van der Waals surface area contributed by atoms with Crippen molar-refractivity contribution in [3.8, 4) is 0 Å². The van der Waals surface area contributed by atoms with Gasteiger partial charge in [0.1, 0.15) is 0 Å². The lowest BCUT2D eigenvalue weighted by atomic mass is 9.95. The molecule has 0 aliphatic heterocycles. The molecule has 1 aliphatic carbocycles. The fraction of sp³-hybridized carbons (Fsp3) is 0.227. The molecule has 2 aromatic carbocycles. The largest absolute Gasteiger partial charge is 0.326 e. The minimum absolute atomic E-state index is 0.0399. The molecule has 0 saturated heterocycles. The number of rotatable bonds is 5. The normalized spacial score (nSPS) is 13.4. The van der Waals surface area contributed by atoms with E-state index in [1.54, 1.807) is 11.8 Å². The second kappa shape index (κ2) is 8.61. The first-order chi connectivity index (χ1) is 12.6. The molecule has 2 nitrogen and oxygen atoms in total. The molecule has 1 amide bonds. The summed E-state index contributed by atoms with van der Waals surface area (Å²) in [4.78, 5) is 13.6. The van der Waals surface area contributed by atoms with Crippen molar-refractivity contribution in [3.05, 3.63) is 76.3 Å². The van der Waals surface area contributed by atoms with E-state index in [-0.39, 0.29) is 5.91 Å². The van der Waals surface area contributed by atoms with Crippen LogP contribution < -0.4 is 5.32 Å². The highest BCUT2D eigenvalue weighted by molar-refractivity contribution is 7.98. The molecule has 0 saturated carbocycles. The Hall–Kier alpha value is -1.97. The summed E-state index contributed by atoms with van der Waals surface area (Å²) in [5.74, 6) is -0.0399. The summed E-state index contributed by atoms with van der Waals surface area (Å²) in [5.41, 5.74) is 5.01. The molecule has 0 unspecified atom stereocenters. The molecule has 0 bridgehead atoms. The number of carbonyl (C=O) groups excluding carboxylic acids is 1. The number of hydrogen-bond acceptors (Lipinski definition) is 2. The minimum atomic E-state index is -0.0399. The smallest absolute Gasteiger partial charge is 0.228 e. The van der Waals surface area contributed by atoms with Crippen molar-refractivity contribution in [3.63, 3.8) is 0 Å². The Morgan fingerprint density at radius 3 is 2.58 bits per heavy atom. The van der Waals surface area contributed by atoms with Gasteiger partial charge in [-0.2, -0.15) is 0 Å². The van der Waals surface area contributed by atoms with Gasteiger partial charge in [-0.3, -0.25) is 4.79 Å². The molecule has 0 heterocycles. The second-order valence-electron chi connectivity index (χ2n) is 6.36. The molecular formula is C22H22ClNOS. The average molecular weight is 384 g/mol. The van der Waals surface area contributed by atoms with Crippen molar-refractivity contribution < 1.29 is 4.79 Å². The van der Waals surface area contributed by atoms with Crippen LogP contribution in [0.5, 0.6) is 0 Å². The molecule has 2 aromatic rings. The van der Waals surface area contributed by atoms with Gasteiger partial charge in [0.05, 0.1) is 11.4 Å². The summed E-state index contributed by atoms with van der Waals surface area (Å²) in [5, 5.41) is 3.63. The monoisotopic (exact) mass is 383 g/mol. The van der Waals surface area contributed by atoms with Crippen molar-refractivity contribution >= 4 is 40.5 Å². The average Bonchev–Trinajstić information content (AvgIpc) is 2.62. The van der Waals surface area contributed by atoms with E-state index in [9.17, 15) is 4.79 Å². The standard InChI is InChI=1S/C22H22ClNOS/c1-15-12-18(14-20(23)22(15)17-6-4-3-5-7-17)24-21(25)13-16-8-10-19(26-2)11-9-16/h4,6-12,14H,3,5,13H2,1-2H3,(H,24,25). The Balaban J connectivity index is 1.72. The number of hydrogen-bond donors (Lipinski definition) is 1. The van der Waals surface area contributed by atoms with Crippen LogP contribution in [0.25, 0.3) is 5.57 Å².